The molecule has 2 heterocycles. The summed E-state index contributed by atoms with van der Waals surface area (Å²) in [5.74, 6) is 1.55. The standard InChI is InChI=1S/C20H21N2O2/c1-20(2)15-6-4-5-7-16(15)22(3)19(20)10-11-21-14-8-9-17-18(12-14)24-13-23-17/h4-9,11-12H,10,13H2,1-3H3/q+1. The molecule has 0 spiro atoms. The predicted molar refractivity (Wildman–Crippen MR) is 95.7 cm³/mol. The number of para-hydroxylation sites is 1. The minimum Gasteiger partial charge on any atom is -0.454 e. The molecule has 0 saturated heterocycles. The van der Waals surface area contributed by atoms with Crippen molar-refractivity contribution >= 4 is 23.3 Å². The van der Waals surface area contributed by atoms with Gasteiger partial charge in [0.05, 0.1) is 17.5 Å². The number of nitrogens with zero attached hydrogens (tertiary/aromatic N) is 2. The molecule has 0 bridgehead atoms. The van der Waals surface area contributed by atoms with Crippen LogP contribution in [0.3, 0.4) is 0 Å². The Balaban J connectivity index is 1.57. The van der Waals surface area contributed by atoms with E-state index < -0.39 is 0 Å². The summed E-state index contributed by atoms with van der Waals surface area (Å²) in [7, 11) is 2.14. The molecule has 0 amide bonds. The third-order valence-corrected chi connectivity index (χ3v) is 4.95. The average Bonchev–Trinajstić information content (AvgIpc) is 3.12. The number of ether oxygens (including phenoxy) is 2. The van der Waals surface area contributed by atoms with Crippen molar-refractivity contribution in [1.29, 1.82) is 0 Å². The monoisotopic (exact) mass is 321 g/mol. The Bertz CT molecular complexity index is 866. The average molecular weight is 321 g/mol. The summed E-state index contributed by atoms with van der Waals surface area (Å²) in [4.78, 5) is 4.60. The molecule has 0 radical (unpaired) electrons. The molecule has 122 valence electrons. The third kappa shape index (κ3) is 2.30. The van der Waals surface area contributed by atoms with Gasteiger partial charge in [0.25, 0.3) is 0 Å². The van der Waals surface area contributed by atoms with Crippen molar-refractivity contribution in [3.05, 3.63) is 48.0 Å². The fourth-order valence-corrected chi connectivity index (χ4v) is 3.61. The molecule has 2 aromatic carbocycles. The lowest BCUT2D eigenvalue weighted by Gasteiger charge is -2.16. The lowest BCUT2D eigenvalue weighted by molar-refractivity contribution is -0.403. The van der Waals surface area contributed by atoms with Crippen molar-refractivity contribution in [1.82, 2.24) is 0 Å². The highest BCUT2D eigenvalue weighted by molar-refractivity contribution is 6.02. The molecule has 0 saturated carbocycles. The molecule has 4 heteroatoms. The zero-order valence-corrected chi connectivity index (χ0v) is 14.2. The van der Waals surface area contributed by atoms with Crippen LogP contribution < -0.4 is 9.47 Å². The zero-order valence-electron chi connectivity index (χ0n) is 14.2. The molecule has 4 rings (SSSR count). The van der Waals surface area contributed by atoms with Gasteiger partial charge in [0.15, 0.2) is 17.2 Å². The maximum Gasteiger partial charge on any atom is 0.231 e. The van der Waals surface area contributed by atoms with Crippen molar-refractivity contribution in [2.45, 2.75) is 25.7 Å². The molecule has 24 heavy (non-hydrogen) atoms. The Morgan fingerprint density at radius 2 is 1.92 bits per heavy atom. The Labute approximate surface area is 142 Å². The lowest BCUT2D eigenvalue weighted by atomic mass is 9.80. The van der Waals surface area contributed by atoms with Gasteiger partial charge in [-0.25, -0.2) is 4.58 Å². The van der Waals surface area contributed by atoms with Crippen LogP contribution in [0.4, 0.5) is 11.4 Å². The lowest BCUT2D eigenvalue weighted by Crippen LogP contribution is -2.28. The van der Waals surface area contributed by atoms with Crippen LogP contribution >= 0.6 is 0 Å². The number of hydrogen-bond acceptors (Lipinski definition) is 3. The van der Waals surface area contributed by atoms with E-state index in [0.29, 0.717) is 0 Å². The quantitative estimate of drug-likeness (QED) is 0.627. The fraction of sp³-hybridized carbons (Fsp3) is 0.300. The van der Waals surface area contributed by atoms with Crippen molar-refractivity contribution in [3.8, 4) is 11.5 Å². The van der Waals surface area contributed by atoms with Crippen LogP contribution in [0.15, 0.2) is 47.5 Å². The first-order valence-corrected chi connectivity index (χ1v) is 8.19. The summed E-state index contributed by atoms with van der Waals surface area (Å²) in [5, 5.41) is 0. The van der Waals surface area contributed by atoms with Crippen molar-refractivity contribution in [2.24, 2.45) is 4.99 Å². The van der Waals surface area contributed by atoms with Gasteiger partial charge in [0, 0.05) is 23.9 Å². The molecule has 2 aliphatic rings. The highest BCUT2D eigenvalue weighted by Crippen LogP contribution is 2.39. The Morgan fingerprint density at radius 1 is 1.12 bits per heavy atom. The number of hydrogen-bond donors (Lipinski definition) is 0. The maximum absolute atomic E-state index is 5.40. The van der Waals surface area contributed by atoms with Gasteiger partial charge >= 0.3 is 0 Å². The largest absolute Gasteiger partial charge is 0.454 e. The molecule has 2 aliphatic heterocycles. The summed E-state index contributed by atoms with van der Waals surface area (Å²) in [6.07, 6.45) is 2.80. The summed E-state index contributed by atoms with van der Waals surface area (Å²) >= 11 is 0. The van der Waals surface area contributed by atoms with E-state index in [0.717, 1.165) is 23.6 Å². The van der Waals surface area contributed by atoms with Crippen LogP contribution in [-0.4, -0.2) is 30.3 Å². The van der Waals surface area contributed by atoms with Gasteiger partial charge in [0.1, 0.15) is 7.05 Å². The first-order chi connectivity index (χ1) is 11.6. The normalized spacial score (nSPS) is 17.6. The second-order valence-electron chi connectivity index (χ2n) is 6.70. The van der Waals surface area contributed by atoms with Crippen LogP contribution in [0.25, 0.3) is 0 Å². The SMILES string of the molecule is C[N+]1=C(CC=Nc2ccc3c(c2)OCO3)C(C)(C)c2ccccc21. The van der Waals surface area contributed by atoms with E-state index >= 15 is 0 Å². The van der Waals surface area contributed by atoms with Crippen LogP contribution in [0, 0.1) is 0 Å². The van der Waals surface area contributed by atoms with Crippen LogP contribution in [0.5, 0.6) is 11.5 Å². The highest BCUT2D eigenvalue weighted by atomic mass is 16.7. The number of rotatable bonds is 3. The highest BCUT2D eigenvalue weighted by Gasteiger charge is 2.43. The first kappa shape index (κ1) is 14.9. The molecule has 0 N–H and O–H groups in total. The van der Waals surface area contributed by atoms with Gasteiger partial charge in [0.2, 0.25) is 12.5 Å². The molecule has 0 aromatic heterocycles. The molecule has 2 aromatic rings. The van der Waals surface area contributed by atoms with E-state index in [1.807, 2.05) is 24.4 Å². The van der Waals surface area contributed by atoms with E-state index in [9.17, 15) is 0 Å². The van der Waals surface area contributed by atoms with Crippen LogP contribution in [-0.2, 0) is 5.41 Å². The number of benzene rings is 2. The third-order valence-electron chi connectivity index (χ3n) is 4.95. The molecule has 0 aliphatic carbocycles. The summed E-state index contributed by atoms with van der Waals surface area (Å²) in [6.45, 7) is 4.84. The molecule has 4 nitrogen and oxygen atoms in total. The summed E-state index contributed by atoms with van der Waals surface area (Å²) in [6, 6.07) is 14.4. The van der Waals surface area contributed by atoms with Crippen LogP contribution in [0.2, 0.25) is 0 Å². The van der Waals surface area contributed by atoms with Crippen molar-refractivity contribution in [2.75, 3.05) is 13.8 Å². The minimum atomic E-state index is 0.0201. The molecular weight excluding hydrogens is 300 g/mol. The van der Waals surface area contributed by atoms with E-state index in [4.69, 9.17) is 9.47 Å². The van der Waals surface area contributed by atoms with Crippen molar-refractivity contribution < 1.29 is 14.0 Å². The fourth-order valence-electron chi connectivity index (χ4n) is 3.61. The Morgan fingerprint density at radius 3 is 2.75 bits per heavy atom. The maximum atomic E-state index is 5.40. The second-order valence-corrected chi connectivity index (χ2v) is 6.70. The van der Waals surface area contributed by atoms with Crippen LogP contribution in [0.1, 0.15) is 25.8 Å². The summed E-state index contributed by atoms with van der Waals surface area (Å²) in [5.41, 5.74) is 4.92. The topological polar surface area (TPSA) is 33.8 Å². The van der Waals surface area contributed by atoms with Gasteiger partial charge in [-0.1, -0.05) is 18.2 Å². The van der Waals surface area contributed by atoms with Gasteiger partial charge < -0.3 is 9.47 Å². The minimum absolute atomic E-state index is 0.0201. The smallest absolute Gasteiger partial charge is 0.231 e. The first-order valence-electron chi connectivity index (χ1n) is 8.19. The molecule has 0 atom stereocenters. The van der Waals surface area contributed by atoms with E-state index in [1.165, 1.54) is 17.0 Å². The van der Waals surface area contributed by atoms with Gasteiger partial charge in [-0.15, -0.1) is 0 Å². The van der Waals surface area contributed by atoms with E-state index in [1.54, 1.807) is 0 Å². The zero-order chi connectivity index (χ0) is 16.7. The predicted octanol–water partition coefficient (Wildman–Crippen LogP) is 4.21. The van der Waals surface area contributed by atoms with Gasteiger partial charge in [-0.3, -0.25) is 4.99 Å². The molecule has 0 unspecified atom stereocenters. The van der Waals surface area contributed by atoms with Gasteiger partial charge in [-0.05, 0) is 26.0 Å². The van der Waals surface area contributed by atoms with E-state index in [-0.39, 0.29) is 12.2 Å². The van der Waals surface area contributed by atoms with E-state index in [2.05, 4.69) is 54.7 Å². The summed E-state index contributed by atoms with van der Waals surface area (Å²) < 4.78 is 13.0. The van der Waals surface area contributed by atoms with Crippen molar-refractivity contribution in [3.63, 3.8) is 0 Å². The Hall–Kier alpha value is -2.62. The number of fused-ring (bicyclic) bond motifs is 2. The van der Waals surface area contributed by atoms with Gasteiger partial charge in [-0.2, -0.15) is 0 Å². The molecule has 0 fully saturated rings. The molecular formula is C20H21N2O2+. The number of aliphatic imine (C=N–C) groups is 1. The Kier molecular flexibility index (Phi) is 3.41. The second kappa shape index (κ2) is 5.48.